The molecule has 0 bridgehead atoms. The first-order chi connectivity index (χ1) is 8.50. The lowest BCUT2D eigenvalue weighted by molar-refractivity contribution is -0.150. The number of halogens is 1. The molecule has 1 unspecified atom stereocenters. The Morgan fingerprint density at radius 1 is 1.67 bits per heavy atom. The average molecular weight is 274 g/mol. The molecule has 0 saturated carbocycles. The average Bonchev–Trinajstić information content (AvgIpc) is 2.56. The lowest BCUT2D eigenvalue weighted by Crippen LogP contribution is -2.49. The third-order valence-electron chi connectivity index (χ3n) is 3.14. The zero-order chi connectivity index (χ0) is 13.3. The predicted octanol–water partition coefficient (Wildman–Crippen LogP) is 0.667. The number of hydrogen-bond acceptors (Lipinski definition) is 4. The third-order valence-corrected chi connectivity index (χ3v) is 3.63. The van der Waals surface area contributed by atoms with Gasteiger partial charge in [-0.25, -0.2) is 0 Å². The van der Waals surface area contributed by atoms with Gasteiger partial charge in [0.2, 0.25) is 0 Å². The van der Waals surface area contributed by atoms with Gasteiger partial charge in [-0.15, -0.1) is 0 Å². The van der Waals surface area contributed by atoms with Gasteiger partial charge in [-0.2, -0.15) is 5.10 Å². The smallest absolute Gasteiger partial charge is 0.323 e. The van der Waals surface area contributed by atoms with Crippen LogP contribution in [-0.2, 0) is 23.1 Å². The molecule has 0 aromatic carbocycles. The van der Waals surface area contributed by atoms with Crippen LogP contribution >= 0.6 is 11.6 Å². The number of carboxylic acid groups (broad SMARTS) is 1. The van der Waals surface area contributed by atoms with Crippen LogP contribution in [-0.4, -0.2) is 51.6 Å². The Labute approximate surface area is 110 Å². The molecule has 1 aliphatic heterocycles. The van der Waals surface area contributed by atoms with Crippen molar-refractivity contribution in [1.82, 2.24) is 14.7 Å². The molecule has 1 fully saturated rings. The van der Waals surface area contributed by atoms with Crippen LogP contribution < -0.4 is 0 Å². The summed E-state index contributed by atoms with van der Waals surface area (Å²) in [6.45, 7) is 3.63. The molecule has 2 rings (SSSR count). The highest BCUT2D eigenvalue weighted by molar-refractivity contribution is 6.31. The van der Waals surface area contributed by atoms with E-state index in [1.807, 2.05) is 18.9 Å². The van der Waals surface area contributed by atoms with Crippen molar-refractivity contribution in [2.45, 2.75) is 19.5 Å². The van der Waals surface area contributed by atoms with Crippen molar-refractivity contribution in [2.75, 3.05) is 19.8 Å². The van der Waals surface area contributed by atoms with E-state index in [4.69, 9.17) is 21.4 Å². The van der Waals surface area contributed by atoms with Crippen LogP contribution in [0.25, 0.3) is 0 Å². The molecule has 1 atom stereocenters. The lowest BCUT2D eigenvalue weighted by Gasteiger charge is -2.32. The summed E-state index contributed by atoms with van der Waals surface area (Å²) >= 11 is 6.17. The molecule has 0 radical (unpaired) electrons. The summed E-state index contributed by atoms with van der Waals surface area (Å²) in [4.78, 5) is 13.0. The molecule has 18 heavy (non-hydrogen) atoms. The fourth-order valence-electron chi connectivity index (χ4n) is 2.10. The van der Waals surface area contributed by atoms with E-state index in [9.17, 15) is 4.79 Å². The minimum atomic E-state index is -0.871. The highest BCUT2D eigenvalue weighted by Gasteiger charge is 2.30. The van der Waals surface area contributed by atoms with Gasteiger partial charge in [0, 0.05) is 20.1 Å². The van der Waals surface area contributed by atoms with Crippen LogP contribution in [0.5, 0.6) is 0 Å². The van der Waals surface area contributed by atoms with Crippen LogP contribution in [0.4, 0.5) is 0 Å². The molecular weight excluding hydrogens is 258 g/mol. The standard InChI is InChI=1S/C11H16ClN3O3/c1-7-10(12)8(14(2)13-7)5-15-3-4-18-6-9(15)11(16)17/h9H,3-6H2,1-2H3,(H,16,17). The van der Waals surface area contributed by atoms with E-state index in [0.29, 0.717) is 24.7 Å². The second kappa shape index (κ2) is 5.26. The maximum Gasteiger partial charge on any atom is 0.323 e. The summed E-state index contributed by atoms with van der Waals surface area (Å²) in [6.07, 6.45) is 0. The summed E-state index contributed by atoms with van der Waals surface area (Å²) in [5.74, 6) is -0.871. The van der Waals surface area contributed by atoms with E-state index in [0.717, 1.165) is 11.4 Å². The normalized spacial score (nSPS) is 21.2. The van der Waals surface area contributed by atoms with Crippen molar-refractivity contribution < 1.29 is 14.6 Å². The summed E-state index contributed by atoms with van der Waals surface area (Å²) in [5, 5.41) is 14.0. The Bertz CT molecular complexity index is 461. The maximum absolute atomic E-state index is 11.2. The van der Waals surface area contributed by atoms with Crippen LogP contribution in [0.2, 0.25) is 5.02 Å². The Morgan fingerprint density at radius 3 is 2.94 bits per heavy atom. The Kier molecular flexibility index (Phi) is 3.89. The first kappa shape index (κ1) is 13.3. The van der Waals surface area contributed by atoms with Crippen LogP contribution in [0.1, 0.15) is 11.4 Å². The number of carbonyl (C=O) groups is 1. The summed E-state index contributed by atoms with van der Waals surface area (Å²) in [5.41, 5.74) is 1.59. The Morgan fingerprint density at radius 2 is 2.39 bits per heavy atom. The van der Waals surface area contributed by atoms with Gasteiger partial charge in [-0.1, -0.05) is 11.6 Å². The van der Waals surface area contributed by atoms with Gasteiger partial charge in [-0.05, 0) is 6.92 Å². The Balaban J connectivity index is 2.18. The summed E-state index contributed by atoms with van der Waals surface area (Å²) in [7, 11) is 1.81. The van der Waals surface area contributed by atoms with Crippen molar-refractivity contribution >= 4 is 17.6 Å². The fourth-order valence-corrected chi connectivity index (χ4v) is 2.32. The topological polar surface area (TPSA) is 67.6 Å². The van der Waals surface area contributed by atoms with Crippen molar-refractivity contribution in [3.63, 3.8) is 0 Å². The van der Waals surface area contributed by atoms with Crippen molar-refractivity contribution in [3.8, 4) is 0 Å². The van der Waals surface area contributed by atoms with Crippen LogP contribution in [0, 0.1) is 6.92 Å². The van der Waals surface area contributed by atoms with E-state index < -0.39 is 12.0 Å². The number of carboxylic acids is 1. The second-order valence-electron chi connectivity index (χ2n) is 4.37. The molecule has 1 aromatic rings. The van der Waals surface area contributed by atoms with Gasteiger partial charge >= 0.3 is 5.97 Å². The van der Waals surface area contributed by atoms with E-state index in [1.165, 1.54) is 0 Å². The molecular formula is C11H16ClN3O3. The number of aliphatic carboxylic acids is 1. The quantitative estimate of drug-likeness (QED) is 0.877. The summed E-state index contributed by atoms with van der Waals surface area (Å²) in [6, 6.07) is -0.620. The predicted molar refractivity (Wildman–Crippen MR) is 65.6 cm³/mol. The number of morpholine rings is 1. The maximum atomic E-state index is 11.2. The van der Waals surface area contributed by atoms with E-state index in [-0.39, 0.29) is 6.61 Å². The van der Waals surface area contributed by atoms with Crippen molar-refractivity contribution in [2.24, 2.45) is 7.05 Å². The zero-order valence-corrected chi connectivity index (χ0v) is 11.1. The number of hydrogen-bond donors (Lipinski definition) is 1. The largest absolute Gasteiger partial charge is 0.480 e. The minimum absolute atomic E-state index is 0.212. The number of rotatable bonds is 3. The molecule has 1 saturated heterocycles. The van der Waals surface area contributed by atoms with Gasteiger partial charge in [0.15, 0.2) is 0 Å². The first-order valence-electron chi connectivity index (χ1n) is 5.73. The molecule has 0 aliphatic carbocycles. The first-order valence-corrected chi connectivity index (χ1v) is 6.11. The highest BCUT2D eigenvalue weighted by atomic mass is 35.5. The lowest BCUT2D eigenvalue weighted by atomic mass is 10.2. The Hall–Kier alpha value is -1.11. The second-order valence-corrected chi connectivity index (χ2v) is 4.75. The monoisotopic (exact) mass is 273 g/mol. The molecule has 0 spiro atoms. The minimum Gasteiger partial charge on any atom is -0.480 e. The fraction of sp³-hybridized carbons (Fsp3) is 0.636. The number of ether oxygens (including phenoxy) is 1. The van der Waals surface area contributed by atoms with Gasteiger partial charge < -0.3 is 9.84 Å². The van der Waals surface area contributed by atoms with E-state index >= 15 is 0 Å². The van der Waals surface area contributed by atoms with Gasteiger partial charge in [-0.3, -0.25) is 14.4 Å². The summed E-state index contributed by atoms with van der Waals surface area (Å²) < 4.78 is 6.90. The van der Waals surface area contributed by atoms with Gasteiger partial charge in [0.25, 0.3) is 0 Å². The highest BCUT2D eigenvalue weighted by Crippen LogP contribution is 2.22. The molecule has 1 aliphatic rings. The molecule has 1 aromatic heterocycles. The van der Waals surface area contributed by atoms with Crippen molar-refractivity contribution in [1.29, 1.82) is 0 Å². The van der Waals surface area contributed by atoms with E-state index in [2.05, 4.69) is 5.10 Å². The number of aryl methyl sites for hydroxylation is 2. The third kappa shape index (κ3) is 2.50. The van der Waals surface area contributed by atoms with Gasteiger partial charge in [0.05, 0.1) is 29.6 Å². The number of nitrogens with zero attached hydrogens (tertiary/aromatic N) is 3. The zero-order valence-electron chi connectivity index (χ0n) is 10.4. The molecule has 1 N–H and O–H groups in total. The van der Waals surface area contributed by atoms with E-state index in [1.54, 1.807) is 4.68 Å². The molecule has 6 nitrogen and oxygen atoms in total. The van der Waals surface area contributed by atoms with Crippen molar-refractivity contribution in [3.05, 3.63) is 16.4 Å². The molecule has 7 heteroatoms. The SMILES string of the molecule is Cc1nn(C)c(CN2CCOCC2C(=O)O)c1Cl. The van der Waals surface area contributed by atoms with Crippen LogP contribution in [0.3, 0.4) is 0 Å². The van der Waals surface area contributed by atoms with Crippen LogP contribution in [0.15, 0.2) is 0 Å². The molecule has 100 valence electrons. The molecule has 2 heterocycles. The number of aromatic nitrogens is 2. The molecule has 0 amide bonds. The van der Waals surface area contributed by atoms with Gasteiger partial charge in [0.1, 0.15) is 6.04 Å².